The molecule has 0 aliphatic carbocycles. The average molecular weight is 1640 g/mol. The number of likely N-dealkylation sites (tertiary alicyclic amines) is 3. The van der Waals surface area contributed by atoms with Crippen LogP contribution in [0.5, 0.6) is 0 Å². The van der Waals surface area contributed by atoms with Gasteiger partial charge in [0.15, 0.2) is 0 Å². The van der Waals surface area contributed by atoms with Crippen molar-refractivity contribution >= 4 is 72.9 Å². The van der Waals surface area contributed by atoms with Crippen molar-refractivity contribution in [1.29, 1.82) is 0 Å². The van der Waals surface area contributed by atoms with Gasteiger partial charge in [-0.1, -0.05) is 67.7 Å². The van der Waals surface area contributed by atoms with Gasteiger partial charge in [0.2, 0.25) is 5.88 Å². The first-order valence-electron chi connectivity index (χ1n) is 39.5. The van der Waals surface area contributed by atoms with Crippen molar-refractivity contribution in [2.75, 3.05) is 73.0 Å². The summed E-state index contributed by atoms with van der Waals surface area (Å²) in [6.45, 7) is 41.8. The first-order chi connectivity index (χ1) is 51.8. The summed E-state index contributed by atoms with van der Waals surface area (Å²) in [6.07, 6.45) is 25.3. The number of aliphatic imine (C=N–C) groups is 1. The Morgan fingerprint density at radius 3 is 1.54 bits per heavy atom. The van der Waals surface area contributed by atoms with E-state index in [2.05, 4.69) is 79.9 Å². The monoisotopic (exact) mass is 1640 g/mol. The molecular weight excluding hydrogens is 1510 g/mol. The molecule has 0 spiro atoms. The number of rotatable bonds is 7. The molecular formula is C83H137B2F3N12NaO13S. The fourth-order valence-electron chi connectivity index (χ4n) is 13.8. The topological polar surface area (TPSA) is 278 Å². The molecule has 3 N–H and O–H groups in total. The van der Waals surface area contributed by atoms with Crippen LogP contribution >= 0.6 is 0 Å². The van der Waals surface area contributed by atoms with E-state index >= 15 is 0 Å². The van der Waals surface area contributed by atoms with Gasteiger partial charge in [-0.15, -0.1) is 0 Å². The van der Waals surface area contributed by atoms with Gasteiger partial charge in [-0.2, -0.15) is 21.6 Å². The number of aromatic nitrogens is 3. The van der Waals surface area contributed by atoms with Gasteiger partial charge >= 0.3 is 82.6 Å². The predicted molar refractivity (Wildman–Crippen MR) is 447 cm³/mol. The van der Waals surface area contributed by atoms with E-state index in [1.54, 1.807) is 77.7 Å². The number of alkyl halides is 3. The Morgan fingerprint density at radius 2 is 1.07 bits per heavy atom. The molecule has 5 fully saturated rings. The maximum atomic E-state index is 12.7. The number of hydrogen-bond donors (Lipinski definition) is 3. The summed E-state index contributed by atoms with van der Waals surface area (Å²) < 4.78 is 91.4. The standard InChI is InChI=1S/C18H33N3O3.C16H22N2O2.C13H25N3O.C12H18F3NO5S.C11H16BNO2.C11H14N2.2CH4.B.Na.H/c1-13-8-9-15(21(11-13)17(23)24-18(2,3)4)14-7-6-10-20(12-14)16(22)19-5;1-12-7-8-14(13-6-5-9-17-10-13)18(11-12)15(19)20-16(2,3)4;1-10-5-6-12(15-8-10)11-4-3-7-16(9-11)13(17)14-2;1-8-5-6-9(21-22(18,19)12(13,14)15)16(7-8)10(17)20-11(2,3)4;1-10(2)11(3,4)15-12(14-10)9-6-5-7-13-8-9;1-9-4-5-11(13-7-9)10-3-2-6-12-8-10;;;;;/h13-15H,6-12H2,1-5H3,(H,19,22);5-6,8-10,12H,7,11H2,1-4H3;10-12,15H,3-9H2,1-2H3,(H,14,17);6,8H,5,7H2,1-4H3;5-8H,1-4H3;2-3,6,8-9H,4-5,7H2,1H3;2*1H4;;;/q;;;;;;;;;+1;-1/t13-,14?,15+;;10-,11?,12+;;;;;;;;/m0.0......../s1. The number of urea groups is 2. The fourth-order valence-corrected chi connectivity index (χ4v) is 14.3. The Balaban J connectivity index is 0.000000696. The molecule has 0 saturated carbocycles. The third kappa shape index (κ3) is 33.7. The average Bonchev–Trinajstić information content (AvgIpc) is 1.60. The van der Waals surface area contributed by atoms with Crippen LogP contribution < -0.4 is 51.0 Å². The molecule has 0 bridgehead atoms. The van der Waals surface area contributed by atoms with E-state index in [1.165, 1.54) is 37.0 Å². The molecule has 641 valence electrons. The van der Waals surface area contributed by atoms with Crippen molar-refractivity contribution in [2.45, 2.75) is 262 Å². The van der Waals surface area contributed by atoms with Crippen LogP contribution in [-0.2, 0) is 37.8 Å². The molecule has 32 heteroatoms. The Bertz CT molecular complexity index is 3670. The number of carbonyl (C=O) groups excluding carboxylic acids is 5. The van der Waals surface area contributed by atoms with Gasteiger partial charge in [-0.05, 0) is 245 Å². The van der Waals surface area contributed by atoms with Gasteiger partial charge in [0.1, 0.15) is 16.8 Å². The summed E-state index contributed by atoms with van der Waals surface area (Å²) in [6, 6.07) is 12.6. The fraction of sp³-hybridized carbons (Fsp3) is 0.699. The number of amides is 7. The number of halogens is 3. The van der Waals surface area contributed by atoms with Crippen LogP contribution in [0.25, 0.3) is 5.70 Å². The number of pyridine rings is 3. The van der Waals surface area contributed by atoms with Crippen molar-refractivity contribution < 1.29 is 104 Å². The van der Waals surface area contributed by atoms with Gasteiger partial charge in [-0.25, -0.2) is 28.9 Å². The first-order valence-corrected chi connectivity index (χ1v) is 40.9. The Kier molecular flexibility index (Phi) is 42.5. The zero-order chi connectivity index (χ0) is 82.5. The minimum atomic E-state index is -5.84. The summed E-state index contributed by atoms with van der Waals surface area (Å²) in [7, 11) is -2.76. The summed E-state index contributed by atoms with van der Waals surface area (Å²) in [4.78, 5) is 85.8. The minimum Gasteiger partial charge on any atom is -1.00 e. The molecule has 25 nitrogen and oxygen atoms in total. The molecule has 3 radical (unpaired) electrons. The van der Waals surface area contributed by atoms with E-state index in [1.807, 2.05) is 120 Å². The molecule has 5 saturated heterocycles. The van der Waals surface area contributed by atoms with Crippen molar-refractivity contribution in [3.8, 4) is 0 Å². The minimum absolute atomic E-state index is 0. The quantitative estimate of drug-likeness (QED) is 0.0858. The maximum Gasteiger partial charge on any atom is 1.00 e. The summed E-state index contributed by atoms with van der Waals surface area (Å²) >= 11 is 0. The second-order valence-corrected chi connectivity index (χ2v) is 36.2. The van der Waals surface area contributed by atoms with Crippen LogP contribution in [-0.4, -0.2) is 218 Å². The maximum absolute atomic E-state index is 12.7. The van der Waals surface area contributed by atoms with Crippen LogP contribution in [0, 0.1) is 41.4 Å². The van der Waals surface area contributed by atoms with Crippen LogP contribution in [0.15, 0.2) is 96.6 Å². The number of allylic oxidation sites excluding steroid dienone is 2. The molecule has 115 heavy (non-hydrogen) atoms. The number of nitrogens with zero attached hydrogens (tertiary/aromatic N) is 9. The molecule has 5 unspecified atom stereocenters. The molecule has 0 aromatic carbocycles. The normalized spacial score (nSPS) is 23.9. The van der Waals surface area contributed by atoms with E-state index < -0.39 is 44.4 Å². The Labute approximate surface area is 712 Å². The van der Waals surface area contributed by atoms with E-state index in [0.717, 1.165) is 130 Å². The number of ether oxygens (including phenoxy) is 3. The Hall–Kier alpha value is -6.50. The van der Waals surface area contributed by atoms with Crippen LogP contribution in [0.3, 0.4) is 0 Å². The number of nitrogens with one attached hydrogen (secondary N) is 3. The molecule has 3 aromatic rings. The van der Waals surface area contributed by atoms with E-state index in [0.29, 0.717) is 36.3 Å². The zero-order valence-corrected chi connectivity index (χ0v) is 74.0. The van der Waals surface area contributed by atoms with E-state index in [9.17, 15) is 45.6 Å². The summed E-state index contributed by atoms with van der Waals surface area (Å²) in [5.74, 6) is 2.70. The van der Waals surface area contributed by atoms with Crippen LogP contribution in [0.2, 0.25) is 0 Å². The van der Waals surface area contributed by atoms with Crippen LogP contribution in [0.4, 0.5) is 37.1 Å². The first kappa shape index (κ1) is 105. The summed E-state index contributed by atoms with van der Waals surface area (Å²) in [5.41, 5.74) is -2.77. The van der Waals surface area contributed by atoms with Gasteiger partial charge in [0.05, 0.1) is 16.9 Å². The van der Waals surface area contributed by atoms with Crippen molar-refractivity contribution in [3.63, 3.8) is 0 Å². The van der Waals surface area contributed by atoms with Gasteiger partial charge in [0, 0.05) is 146 Å². The second-order valence-electron chi connectivity index (χ2n) is 34.7. The van der Waals surface area contributed by atoms with Crippen LogP contribution in [0.1, 0.15) is 229 Å². The molecule has 11 heterocycles. The summed E-state index contributed by atoms with van der Waals surface area (Å²) in [5, 5.41) is 9.10. The van der Waals surface area contributed by atoms with Crippen molar-refractivity contribution in [2.24, 2.45) is 46.4 Å². The van der Waals surface area contributed by atoms with Gasteiger partial charge < -0.3 is 59.8 Å². The molecule has 11 rings (SSSR count). The number of hydrogen-bond acceptors (Lipinski definition) is 18. The van der Waals surface area contributed by atoms with E-state index in [-0.39, 0.29) is 122 Å². The SMILES string of the molecule is C.C.CC1(C)OB(c2cccnc2)OC1(C)C.CC1CC=C(OS(=O)(=O)C(F)(F)F)N(C(=O)OC(C)(C)C)C1.CC1CC=C(c2cccnc2)N(C(=O)OC(C)(C)C)C1.CC1CCC(c2cccnc2)=NC1.CNC(=O)N1CCCC([C@H]2CC[C@H](C)CN2)C1.CNC(=O)N1CCCC([C@H]2CC[C@H](C)CN2C(=O)OC(C)(C)C)C1.[B].[H-].[Na+]. The molecule has 7 amide bonds. The largest absolute Gasteiger partial charge is 1.00 e. The van der Waals surface area contributed by atoms with Gasteiger partial charge in [-0.3, -0.25) is 24.8 Å². The smallest absolute Gasteiger partial charge is 1.00 e. The number of carbonyl (C=O) groups is 5. The molecule has 8 aliphatic heterocycles. The van der Waals surface area contributed by atoms with Crippen molar-refractivity contribution in [1.82, 2.24) is 55.4 Å². The molecule has 8 aliphatic rings. The third-order valence-corrected chi connectivity index (χ3v) is 21.5. The number of piperidine rings is 4. The zero-order valence-electron chi connectivity index (χ0n) is 72.2. The van der Waals surface area contributed by atoms with Gasteiger partial charge in [0.25, 0.3) is 0 Å². The predicted octanol–water partition coefficient (Wildman–Crippen LogP) is 12.9. The Morgan fingerprint density at radius 1 is 0.591 bits per heavy atom. The van der Waals surface area contributed by atoms with E-state index in [4.69, 9.17) is 23.5 Å². The molecule has 9 atom stereocenters. The molecule has 3 aromatic heterocycles. The van der Waals surface area contributed by atoms with Crippen molar-refractivity contribution in [3.05, 3.63) is 103 Å². The third-order valence-electron chi connectivity index (χ3n) is 20.5. The second kappa shape index (κ2) is 46.7.